The third-order valence-corrected chi connectivity index (χ3v) is 3.97. The largest absolute Gasteiger partial charge is 0.409 e. The minimum atomic E-state index is -4.51. The average molecular weight is 329 g/mol. The van der Waals surface area contributed by atoms with Gasteiger partial charge in [-0.2, -0.15) is 13.2 Å². The van der Waals surface area contributed by atoms with E-state index in [1.54, 1.807) is 24.3 Å². The zero-order valence-electron chi connectivity index (χ0n) is 11.3. The van der Waals surface area contributed by atoms with Crippen LogP contribution in [0.4, 0.5) is 13.2 Å². The van der Waals surface area contributed by atoms with E-state index in [0.29, 0.717) is 10.4 Å². The van der Waals surface area contributed by atoms with Gasteiger partial charge >= 0.3 is 6.18 Å². The molecule has 1 atom stereocenters. The Hall–Kier alpha value is -1.79. The molecule has 116 valence electrons. The summed E-state index contributed by atoms with van der Waals surface area (Å²) >= 11 is 6.07. The summed E-state index contributed by atoms with van der Waals surface area (Å²) in [6, 6.07) is 7.72. The first kappa shape index (κ1) is 15.1. The molecule has 1 heterocycles. The van der Waals surface area contributed by atoms with E-state index in [2.05, 4.69) is 5.43 Å². The number of benzene rings is 2. The standard InChI is InChI=1S/C15H12ClF3N2O/c16-12-3-1-2-9-4-5-10(8-11(9)12)14(15(17,18)19)21-7-6-13(22)20-21/h1-5,8,14H,6-7H2,(H,20,22)/t14-/m0/s1. The zero-order valence-corrected chi connectivity index (χ0v) is 12.1. The number of hydrazine groups is 1. The van der Waals surface area contributed by atoms with E-state index >= 15 is 0 Å². The summed E-state index contributed by atoms with van der Waals surface area (Å²) in [6.07, 6.45) is -4.45. The van der Waals surface area contributed by atoms with Crippen LogP contribution < -0.4 is 5.43 Å². The lowest BCUT2D eigenvalue weighted by molar-refractivity contribution is -0.191. The van der Waals surface area contributed by atoms with Gasteiger partial charge in [0, 0.05) is 23.4 Å². The fourth-order valence-corrected chi connectivity index (χ4v) is 2.89. The van der Waals surface area contributed by atoms with Crippen LogP contribution in [0.2, 0.25) is 5.02 Å². The van der Waals surface area contributed by atoms with Crippen LogP contribution in [0.25, 0.3) is 10.8 Å². The molecule has 0 aliphatic carbocycles. The maximum absolute atomic E-state index is 13.5. The summed E-state index contributed by atoms with van der Waals surface area (Å²) in [5, 5.41) is 2.65. The molecular weight excluding hydrogens is 317 g/mol. The molecule has 1 amide bonds. The van der Waals surface area contributed by atoms with Crippen molar-refractivity contribution < 1.29 is 18.0 Å². The van der Waals surface area contributed by atoms with Gasteiger partial charge < -0.3 is 0 Å². The Labute approximate surface area is 129 Å². The molecule has 0 radical (unpaired) electrons. The van der Waals surface area contributed by atoms with Crippen molar-refractivity contribution in [1.29, 1.82) is 0 Å². The van der Waals surface area contributed by atoms with Gasteiger partial charge in [-0.3, -0.25) is 10.2 Å². The number of alkyl halides is 3. The summed E-state index contributed by atoms with van der Waals surface area (Å²) in [7, 11) is 0. The van der Waals surface area contributed by atoms with Gasteiger partial charge in [0.2, 0.25) is 5.91 Å². The Morgan fingerprint density at radius 2 is 2.00 bits per heavy atom. The van der Waals surface area contributed by atoms with Crippen molar-refractivity contribution in [2.75, 3.05) is 6.54 Å². The summed E-state index contributed by atoms with van der Waals surface area (Å²) in [4.78, 5) is 11.2. The predicted octanol–water partition coefficient (Wildman–Crippen LogP) is 3.83. The molecule has 0 bridgehead atoms. The highest BCUT2D eigenvalue weighted by Crippen LogP contribution is 2.39. The number of hydrogen-bond donors (Lipinski definition) is 1. The Morgan fingerprint density at radius 1 is 1.23 bits per heavy atom. The molecule has 7 heteroatoms. The lowest BCUT2D eigenvalue weighted by atomic mass is 10.0. The van der Waals surface area contributed by atoms with Crippen molar-refractivity contribution in [3.8, 4) is 0 Å². The Morgan fingerprint density at radius 3 is 2.64 bits per heavy atom. The van der Waals surface area contributed by atoms with Crippen molar-refractivity contribution in [3.05, 3.63) is 47.0 Å². The van der Waals surface area contributed by atoms with Crippen LogP contribution in [-0.2, 0) is 4.79 Å². The quantitative estimate of drug-likeness (QED) is 0.908. The van der Waals surface area contributed by atoms with E-state index < -0.39 is 18.1 Å². The molecule has 0 spiro atoms. The number of carbonyl (C=O) groups excluding carboxylic acids is 1. The summed E-state index contributed by atoms with van der Waals surface area (Å²) < 4.78 is 40.4. The smallest absolute Gasteiger partial charge is 0.288 e. The van der Waals surface area contributed by atoms with E-state index in [1.807, 2.05) is 0 Å². The van der Waals surface area contributed by atoms with Crippen molar-refractivity contribution in [2.45, 2.75) is 18.6 Å². The molecule has 2 aromatic carbocycles. The molecule has 3 nitrogen and oxygen atoms in total. The minimum absolute atomic E-state index is 0.0174. The van der Waals surface area contributed by atoms with Crippen LogP contribution in [-0.4, -0.2) is 23.6 Å². The fourth-order valence-electron chi connectivity index (χ4n) is 2.66. The highest BCUT2D eigenvalue weighted by molar-refractivity contribution is 6.35. The van der Waals surface area contributed by atoms with Crippen LogP contribution in [0.5, 0.6) is 0 Å². The number of hydrogen-bond acceptors (Lipinski definition) is 2. The monoisotopic (exact) mass is 328 g/mol. The van der Waals surface area contributed by atoms with Crippen LogP contribution in [0, 0.1) is 0 Å². The van der Waals surface area contributed by atoms with Gasteiger partial charge in [0.15, 0.2) is 0 Å². The fraction of sp³-hybridized carbons (Fsp3) is 0.267. The number of nitrogens with zero attached hydrogens (tertiary/aromatic N) is 1. The maximum Gasteiger partial charge on any atom is 0.409 e. The SMILES string of the molecule is O=C1CCN([C@@H](c2ccc3cccc(Cl)c3c2)C(F)(F)F)N1. The van der Waals surface area contributed by atoms with E-state index in [1.165, 1.54) is 12.1 Å². The van der Waals surface area contributed by atoms with Gasteiger partial charge in [0.05, 0.1) is 0 Å². The van der Waals surface area contributed by atoms with Crippen molar-refractivity contribution in [3.63, 3.8) is 0 Å². The lowest BCUT2D eigenvalue weighted by Gasteiger charge is -2.29. The molecule has 0 unspecified atom stereocenters. The van der Waals surface area contributed by atoms with Gasteiger partial charge in [0.25, 0.3) is 0 Å². The van der Waals surface area contributed by atoms with Gasteiger partial charge in [-0.05, 0) is 23.1 Å². The Kier molecular flexibility index (Phi) is 3.74. The number of nitrogens with one attached hydrogen (secondary N) is 1. The second-order valence-electron chi connectivity index (χ2n) is 5.14. The highest BCUT2D eigenvalue weighted by Gasteiger charge is 2.46. The molecule has 0 aromatic heterocycles. The maximum atomic E-state index is 13.5. The molecule has 1 fully saturated rings. The van der Waals surface area contributed by atoms with Gasteiger partial charge in [-0.1, -0.05) is 35.9 Å². The highest BCUT2D eigenvalue weighted by atomic mass is 35.5. The molecule has 0 saturated carbocycles. The summed E-state index contributed by atoms with van der Waals surface area (Å²) in [5.41, 5.74) is 2.31. The average Bonchev–Trinajstić information content (AvgIpc) is 2.84. The molecule has 22 heavy (non-hydrogen) atoms. The van der Waals surface area contributed by atoms with Crippen molar-refractivity contribution in [1.82, 2.24) is 10.4 Å². The molecule has 1 N–H and O–H groups in total. The topological polar surface area (TPSA) is 32.3 Å². The molecule has 2 aromatic rings. The van der Waals surface area contributed by atoms with Crippen LogP contribution in [0.15, 0.2) is 36.4 Å². The summed E-state index contributed by atoms with van der Waals surface area (Å²) in [6.45, 7) is 0.0174. The second-order valence-corrected chi connectivity index (χ2v) is 5.55. The van der Waals surface area contributed by atoms with Crippen LogP contribution in [0.1, 0.15) is 18.0 Å². The lowest BCUT2D eigenvalue weighted by Crippen LogP contribution is -2.43. The Bertz CT molecular complexity index is 732. The van der Waals surface area contributed by atoms with Gasteiger partial charge in [-0.15, -0.1) is 0 Å². The van der Waals surface area contributed by atoms with Crippen LogP contribution in [0.3, 0.4) is 0 Å². The van der Waals surface area contributed by atoms with E-state index in [0.717, 1.165) is 10.4 Å². The van der Waals surface area contributed by atoms with Crippen molar-refractivity contribution >= 4 is 28.3 Å². The third-order valence-electron chi connectivity index (χ3n) is 3.64. The minimum Gasteiger partial charge on any atom is -0.288 e. The molecule has 3 rings (SSSR count). The number of halogens is 4. The van der Waals surface area contributed by atoms with Gasteiger partial charge in [-0.25, -0.2) is 5.01 Å². The first-order valence-corrected chi connectivity index (χ1v) is 7.05. The van der Waals surface area contributed by atoms with Crippen LogP contribution >= 0.6 is 11.6 Å². The van der Waals surface area contributed by atoms with Gasteiger partial charge in [0.1, 0.15) is 6.04 Å². The van der Waals surface area contributed by atoms with E-state index in [4.69, 9.17) is 11.6 Å². The first-order valence-electron chi connectivity index (χ1n) is 6.67. The van der Waals surface area contributed by atoms with E-state index in [-0.39, 0.29) is 18.5 Å². The zero-order chi connectivity index (χ0) is 15.9. The first-order chi connectivity index (χ1) is 10.4. The summed E-state index contributed by atoms with van der Waals surface area (Å²) in [5.74, 6) is -0.409. The number of carbonyl (C=O) groups is 1. The normalized spacial score (nSPS) is 17.7. The predicted molar refractivity (Wildman–Crippen MR) is 77.2 cm³/mol. The third kappa shape index (κ3) is 2.76. The number of fused-ring (bicyclic) bond motifs is 1. The number of amides is 1. The molecule has 1 saturated heterocycles. The number of rotatable bonds is 2. The second kappa shape index (κ2) is 5.44. The van der Waals surface area contributed by atoms with E-state index in [9.17, 15) is 18.0 Å². The van der Waals surface area contributed by atoms with Crippen molar-refractivity contribution in [2.24, 2.45) is 0 Å². The molecule has 1 aliphatic rings. The molecular formula is C15H12ClF3N2O. The molecule has 1 aliphatic heterocycles. The Balaban J connectivity index is 2.08.